The van der Waals surface area contributed by atoms with Gasteiger partial charge in [0.05, 0.1) is 22.6 Å². The van der Waals surface area contributed by atoms with Crippen molar-refractivity contribution in [2.45, 2.75) is 39.0 Å². The van der Waals surface area contributed by atoms with Crippen molar-refractivity contribution in [2.24, 2.45) is 0 Å². The van der Waals surface area contributed by atoms with Gasteiger partial charge < -0.3 is 4.90 Å². The number of likely N-dealkylation sites (N-methyl/N-ethyl adjacent to an activating group) is 1. The molecule has 0 fully saturated rings. The third kappa shape index (κ3) is 3.02. The van der Waals surface area contributed by atoms with E-state index >= 15 is 0 Å². The van der Waals surface area contributed by atoms with Crippen molar-refractivity contribution in [3.05, 3.63) is 39.4 Å². The topological polar surface area (TPSA) is 59.0 Å². The molecular formula is C16H20N4OS. The van der Waals surface area contributed by atoms with E-state index in [0.717, 1.165) is 23.5 Å². The van der Waals surface area contributed by atoms with Gasteiger partial charge in [0.2, 0.25) is 0 Å². The number of nitrogens with zero attached hydrogens (tertiary/aromatic N) is 4. The molecule has 1 amide bonds. The Bertz CT molecular complexity index is 680. The lowest BCUT2D eigenvalue weighted by molar-refractivity contribution is 0.0776. The highest BCUT2D eigenvalue weighted by molar-refractivity contribution is 7.11. The summed E-state index contributed by atoms with van der Waals surface area (Å²) in [4.78, 5) is 28.6. The lowest BCUT2D eigenvalue weighted by atomic mass is 9.90. The summed E-state index contributed by atoms with van der Waals surface area (Å²) in [5, 5.41) is 1.12. The number of hydrogen-bond acceptors (Lipinski definition) is 5. The largest absolute Gasteiger partial charge is 0.340 e. The maximum Gasteiger partial charge on any atom is 0.273 e. The first-order chi connectivity index (χ1) is 10.5. The molecule has 2 aromatic heterocycles. The third-order valence-corrected chi connectivity index (χ3v) is 5.06. The first kappa shape index (κ1) is 15.1. The molecule has 0 bridgehead atoms. The van der Waals surface area contributed by atoms with E-state index in [-0.39, 0.29) is 5.91 Å². The zero-order valence-corrected chi connectivity index (χ0v) is 14.0. The molecule has 0 radical (unpaired) electrons. The van der Waals surface area contributed by atoms with Crippen molar-refractivity contribution in [1.29, 1.82) is 0 Å². The Kier molecular flexibility index (Phi) is 4.20. The standard InChI is InChI=1S/C16H20N4OS/c1-10-7-18-13(8-17-10)16(21)20(3)9-12-5-4-6-14-15(12)19-11(2)22-14/h7-8,12H,4-6,9H2,1-3H3. The number of rotatable bonds is 3. The number of amides is 1. The Morgan fingerprint density at radius 1 is 1.36 bits per heavy atom. The molecule has 2 aromatic rings. The minimum absolute atomic E-state index is 0.0772. The molecule has 1 aliphatic carbocycles. The van der Waals surface area contributed by atoms with E-state index in [9.17, 15) is 4.79 Å². The van der Waals surface area contributed by atoms with Gasteiger partial charge in [-0.05, 0) is 33.1 Å². The van der Waals surface area contributed by atoms with Gasteiger partial charge >= 0.3 is 0 Å². The molecule has 5 nitrogen and oxygen atoms in total. The molecule has 0 aromatic carbocycles. The average Bonchev–Trinajstić information content (AvgIpc) is 2.88. The van der Waals surface area contributed by atoms with Crippen LogP contribution in [-0.4, -0.2) is 39.4 Å². The summed E-state index contributed by atoms with van der Waals surface area (Å²) in [5.74, 6) is 0.257. The fourth-order valence-electron chi connectivity index (χ4n) is 2.92. The van der Waals surface area contributed by atoms with Crippen molar-refractivity contribution in [1.82, 2.24) is 19.9 Å². The maximum absolute atomic E-state index is 12.5. The van der Waals surface area contributed by atoms with Crippen LogP contribution in [0.25, 0.3) is 0 Å². The fraction of sp³-hybridized carbons (Fsp3) is 0.500. The lowest BCUT2D eigenvalue weighted by Gasteiger charge is -2.26. The molecule has 0 saturated heterocycles. The minimum atomic E-state index is -0.0772. The summed E-state index contributed by atoms with van der Waals surface area (Å²) >= 11 is 1.79. The molecule has 1 atom stereocenters. The Labute approximate surface area is 134 Å². The van der Waals surface area contributed by atoms with Crippen LogP contribution in [0.3, 0.4) is 0 Å². The lowest BCUT2D eigenvalue weighted by Crippen LogP contribution is -2.33. The van der Waals surface area contributed by atoms with Gasteiger partial charge in [-0.1, -0.05) is 0 Å². The van der Waals surface area contributed by atoms with Gasteiger partial charge in [-0.25, -0.2) is 9.97 Å². The van der Waals surface area contributed by atoms with Crippen LogP contribution < -0.4 is 0 Å². The number of fused-ring (bicyclic) bond motifs is 1. The van der Waals surface area contributed by atoms with E-state index in [1.165, 1.54) is 17.0 Å². The summed E-state index contributed by atoms with van der Waals surface area (Å²) in [7, 11) is 1.83. The van der Waals surface area contributed by atoms with Crippen molar-refractivity contribution < 1.29 is 4.79 Å². The molecule has 22 heavy (non-hydrogen) atoms. The SMILES string of the molecule is Cc1cnc(C(=O)N(C)CC2CCCc3sc(C)nc32)cn1. The summed E-state index contributed by atoms with van der Waals surface area (Å²) in [6, 6.07) is 0. The van der Waals surface area contributed by atoms with Crippen LogP contribution in [0.15, 0.2) is 12.4 Å². The van der Waals surface area contributed by atoms with Crippen LogP contribution in [0.1, 0.15) is 50.5 Å². The maximum atomic E-state index is 12.5. The van der Waals surface area contributed by atoms with Gasteiger partial charge in [0.25, 0.3) is 5.91 Å². The van der Waals surface area contributed by atoms with E-state index in [0.29, 0.717) is 18.2 Å². The molecule has 0 aliphatic heterocycles. The molecule has 1 aliphatic rings. The number of hydrogen-bond donors (Lipinski definition) is 0. The van der Waals surface area contributed by atoms with E-state index in [2.05, 4.69) is 21.9 Å². The van der Waals surface area contributed by atoms with Crippen LogP contribution in [0.5, 0.6) is 0 Å². The van der Waals surface area contributed by atoms with Crippen LogP contribution in [0.4, 0.5) is 0 Å². The number of aryl methyl sites for hydroxylation is 3. The number of carbonyl (C=O) groups excluding carboxylic acids is 1. The first-order valence-electron chi connectivity index (χ1n) is 7.55. The average molecular weight is 316 g/mol. The summed E-state index contributed by atoms with van der Waals surface area (Å²) in [6.07, 6.45) is 6.56. The minimum Gasteiger partial charge on any atom is -0.340 e. The zero-order chi connectivity index (χ0) is 15.7. The van der Waals surface area contributed by atoms with E-state index in [4.69, 9.17) is 0 Å². The Morgan fingerprint density at radius 3 is 2.91 bits per heavy atom. The third-order valence-electron chi connectivity index (χ3n) is 4.02. The van der Waals surface area contributed by atoms with Crippen LogP contribution in [0, 0.1) is 13.8 Å². The second-order valence-electron chi connectivity index (χ2n) is 5.86. The molecule has 3 rings (SSSR count). The van der Waals surface area contributed by atoms with Crippen molar-refractivity contribution in [3.63, 3.8) is 0 Å². The van der Waals surface area contributed by atoms with Crippen LogP contribution in [0.2, 0.25) is 0 Å². The molecular weight excluding hydrogens is 296 g/mol. The second-order valence-corrected chi connectivity index (χ2v) is 7.15. The molecule has 6 heteroatoms. The van der Waals surface area contributed by atoms with Crippen molar-refractivity contribution >= 4 is 17.2 Å². The molecule has 2 heterocycles. The van der Waals surface area contributed by atoms with Crippen LogP contribution >= 0.6 is 11.3 Å². The highest BCUT2D eigenvalue weighted by Gasteiger charge is 2.27. The normalized spacial score (nSPS) is 17.1. The first-order valence-corrected chi connectivity index (χ1v) is 8.36. The molecule has 1 unspecified atom stereocenters. The predicted octanol–water partition coefficient (Wildman–Crippen LogP) is 2.74. The number of aromatic nitrogens is 3. The van der Waals surface area contributed by atoms with E-state index in [1.54, 1.807) is 28.6 Å². The van der Waals surface area contributed by atoms with Crippen molar-refractivity contribution in [2.75, 3.05) is 13.6 Å². The number of carbonyl (C=O) groups is 1. The fourth-order valence-corrected chi connectivity index (χ4v) is 3.98. The van der Waals surface area contributed by atoms with Gasteiger partial charge in [0.15, 0.2) is 0 Å². The Hall–Kier alpha value is -1.82. The van der Waals surface area contributed by atoms with E-state index in [1.807, 2.05) is 14.0 Å². The molecule has 0 saturated carbocycles. The smallest absolute Gasteiger partial charge is 0.273 e. The van der Waals surface area contributed by atoms with Gasteiger partial charge in [-0.2, -0.15) is 0 Å². The highest BCUT2D eigenvalue weighted by Crippen LogP contribution is 2.35. The van der Waals surface area contributed by atoms with Gasteiger partial charge in [-0.15, -0.1) is 11.3 Å². The summed E-state index contributed by atoms with van der Waals surface area (Å²) in [6.45, 7) is 4.60. The molecule has 116 valence electrons. The second kappa shape index (κ2) is 6.12. The monoisotopic (exact) mass is 316 g/mol. The summed E-state index contributed by atoms with van der Waals surface area (Å²) < 4.78 is 0. The van der Waals surface area contributed by atoms with Crippen molar-refractivity contribution in [3.8, 4) is 0 Å². The number of thiazole rings is 1. The van der Waals surface area contributed by atoms with Gasteiger partial charge in [0, 0.05) is 30.6 Å². The van der Waals surface area contributed by atoms with E-state index < -0.39 is 0 Å². The Morgan fingerprint density at radius 2 is 2.18 bits per heavy atom. The molecule has 0 spiro atoms. The Balaban J connectivity index is 1.73. The zero-order valence-electron chi connectivity index (χ0n) is 13.2. The van der Waals surface area contributed by atoms with Crippen LogP contribution in [-0.2, 0) is 6.42 Å². The molecule has 0 N–H and O–H groups in total. The van der Waals surface area contributed by atoms with Gasteiger partial charge in [-0.3, -0.25) is 9.78 Å². The quantitative estimate of drug-likeness (QED) is 0.873. The predicted molar refractivity (Wildman–Crippen MR) is 86.3 cm³/mol. The van der Waals surface area contributed by atoms with Gasteiger partial charge in [0.1, 0.15) is 5.69 Å². The summed E-state index contributed by atoms with van der Waals surface area (Å²) in [5.41, 5.74) is 2.41. The highest BCUT2D eigenvalue weighted by atomic mass is 32.1.